The van der Waals surface area contributed by atoms with Gasteiger partial charge in [-0.3, -0.25) is 0 Å². The Morgan fingerprint density at radius 1 is 1.44 bits per heavy atom. The van der Waals surface area contributed by atoms with E-state index in [1.807, 2.05) is 6.92 Å². The van der Waals surface area contributed by atoms with Gasteiger partial charge in [-0.2, -0.15) is 0 Å². The van der Waals surface area contributed by atoms with Crippen LogP contribution in [0.4, 0.5) is 0 Å². The van der Waals surface area contributed by atoms with Gasteiger partial charge in [0.15, 0.2) is 14.9 Å². The van der Waals surface area contributed by atoms with Crippen LogP contribution in [0.15, 0.2) is 0 Å². The van der Waals surface area contributed by atoms with Crippen LogP contribution in [0.2, 0.25) is 0 Å². The quantitative estimate of drug-likeness (QED) is 0.592. The van der Waals surface area contributed by atoms with Crippen LogP contribution in [0.1, 0.15) is 13.3 Å². The normalized spacial score (nSPS) is 28.3. The molecule has 0 aromatic heterocycles. The minimum atomic E-state index is -2.76. The van der Waals surface area contributed by atoms with E-state index in [0.717, 1.165) is 44.3 Å². The van der Waals surface area contributed by atoms with Gasteiger partial charge in [0.2, 0.25) is 0 Å². The zero-order valence-electron chi connectivity index (χ0n) is 10.8. The Kier molecular flexibility index (Phi) is 4.45. The van der Waals surface area contributed by atoms with Gasteiger partial charge in [-0.05, 0) is 19.1 Å². The summed E-state index contributed by atoms with van der Waals surface area (Å²) in [5.41, 5.74) is 0. The van der Waals surface area contributed by atoms with E-state index in [4.69, 9.17) is 12.2 Å². The maximum Gasteiger partial charge on any atom is 0.169 e. The lowest BCUT2D eigenvalue weighted by atomic mass is 10.2. The minimum Gasteiger partial charge on any atom is -0.363 e. The molecule has 0 unspecified atom stereocenters. The zero-order valence-corrected chi connectivity index (χ0v) is 12.4. The first-order valence-corrected chi connectivity index (χ1v) is 8.82. The van der Waals surface area contributed by atoms with E-state index in [0.29, 0.717) is 17.5 Å². The van der Waals surface area contributed by atoms with Crippen molar-refractivity contribution in [2.45, 2.75) is 19.4 Å². The van der Waals surface area contributed by atoms with Crippen molar-refractivity contribution in [2.75, 3.05) is 44.2 Å². The van der Waals surface area contributed by atoms with Crippen LogP contribution in [0.3, 0.4) is 0 Å². The summed E-state index contributed by atoms with van der Waals surface area (Å²) in [6, 6.07) is 0.310. The fraction of sp³-hybridized carbons (Fsp3) is 0.909. The molecule has 2 heterocycles. The van der Waals surface area contributed by atoms with Crippen LogP contribution in [0.25, 0.3) is 0 Å². The van der Waals surface area contributed by atoms with Crippen LogP contribution in [0.5, 0.6) is 0 Å². The second-order valence-electron chi connectivity index (χ2n) is 5.08. The molecule has 0 radical (unpaired) electrons. The topological polar surface area (TPSA) is 53.9 Å². The molecule has 2 aliphatic rings. The number of hydrogen-bond acceptors (Lipinski definition) is 3. The number of thiocarbonyl (C=S) groups is 1. The van der Waals surface area contributed by atoms with Gasteiger partial charge < -0.3 is 15.1 Å². The Labute approximate surface area is 114 Å². The van der Waals surface area contributed by atoms with Crippen molar-refractivity contribution in [3.63, 3.8) is 0 Å². The summed E-state index contributed by atoms with van der Waals surface area (Å²) in [6.45, 7) is 6.73. The zero-order chi connectivity index (χ0) is 13.2. The van der Waals surface area contributed by atoms with Gasteiger partial charge in [0, 0.05) is 13.0 Å². The van der Waals surface area contributed by atoms with E-state index in [-0.39, 0.29) is 0 Å². The Bertz CT molecular complexity index is 403. The van der Waals surface area contributed by atoms with E-state index < -0.39 is 9.84 Å². The van der Waals surface area contributed by atoms with Gasteiger partial charge in [-0.15, -0.1) is 0 Å². The van der Waals surface area contributed by atoms with Gasteiger partial charge in [-0.1, -0.05) is 0 Å². The SMILES string of the molecule is CCNC(=S)N1CC[NH+]([C@H]2CCS(=O)(=O)C2)CC1. The molecule has 0 bridgehead atoms. The summed E-state index contributed by atoms with van der Waals surface area (Å²) in [5, 5.41) is 3.99. The highest BCUT2D eigenvalue weighted by Crippen LogP contribution is 2.09. The van der Waals surface area contributed by atoms with Crippen LogP contribution in [-0.4, -0.2) is 68.7 Å². The van der Waals surface area contributed by atoms with Gasteiger partial charge in [0.1, 0.15) is 11.8 Å². The van der Waals surface area contributed by atoms with E-state index in [2.05, 4.69) is 10.2 Å². The molecule has 104 valence electrons. The Hall–Kier alpha value is -0.400. The lowest BCUT2D eigenvalue weighted by molar-refractivity contribution is -0.925. The summed E-state index contributed by atoms with van der Waals surface area (Å²) in [7, 11) is -2.76. The number of hydrogen-bond donors (Lipinski definition) is 2. The molecule has 1 atom stereocenters. The van der Waals surface area contributed by atoms with Gasteiger partial charge >= 0.3 is 0 Å². The van der Waals surface area contributed by atoms with Gasteiger partial charge in [-0.25, -0.2) is 8.42 Å². The van der Waals surface area contributed by atoms with Crippen molar-refractivity contribution >= 4 is 27.2 Å². The Morgan fingerprint density at radius 3 is 2.61 bits per heavy atom. The Balaban J connectivity index is 1.82. The molecule has 0 amide bonds. The highest BCUT2D eigenvalue weighted by molar-refractivity contribution is 7.91. The molecule has 0 spiro atoms. The first kappa shape index (κ1) is 14.0. The Morgan fingerprint density at radius 2 is 2.11 bits per heavy atom. The number of piperazine rings is 1. The van der Waals surface area contributed by atoms with Crippen molar-refractivity contribution < 1.29 is 13.3 Å². The van der Waals surface area contributed by atoms with Crippen LogP contribution in [0, 0.1) is 0 Å². The second kappa shape index (κ2) is 5.71. The summed E-state index contributed by atoms with van der Waals surface area (Å²) in [6.07, 6.45) is 0.829. The first-order valence-electron chi connectivity index (χ1n) is 6.59. The molecule has 2 N–H and O–H groups in total. The fourth-order valence-corrected chi connectivity index (χ4v) is 4.94. The molecular weight excluding hydrogens is 270 g/mol. The summed E-state index contributed by atoms with van der Waals surface area (Å²) in [4.78, 5) is 3.62. The molecule has 2 saturated heterocycles. The summed E-state index contributed by atoms with van der Waals surface area (Å²) in [5.74, 6) is 0.751. The number of nitrogens with zero attached hydrogens (tertiary/aromatic N) is 1. The second-order valence-corrected chi connectivity index (χ2v) is 7.70. The van der Waals surface area contributed by atoms with Crippen molar-refractivity contribution in [2.24, 2.45) is 0 Å². The predicted molar refractivity (Wildman–Crippen MR) is 75.6 cm³/mol. The lowest BCUT2D eigenvalue weighted by Crippen LogP contribution is -3.18. The fourth-order valence-electron chi connectivity index (χ4n) is 2.79. The molecule has 0 saturated carbocycles. The maximum absolute atomic E-state index is 11.5. The molecule has 0 aromatic rings. The monoisotopic (exact) mass is 292 g/mol. The lowest BCUT2D eigenvalue weighted by Gasteiger charge is -2.36. The number of quaternary nitrogens is 1. The molecule has 0 aromatic carbocycles. The highest BCUT2D eigenvalue weighted by atomic mass is 32.2. The smallest absolute Gasteiger partial charge is 0.169 e. The third-order valence-electron chi connectivity index (χ3n) is 3.83. The number of rotatable bonds is 2. The minimum absolute atomic E-state index is 0.310. The molecule has 5 nitrogen and oxygen atoms in total. The van der Waals surface area contributed by atoms with Crippen molar-refractivity contribution in [1.29, 1.82) is 0 Å². The van der Waals surface area contributed by atoms with Gasteiger partial charge in [0.25, 0.3) is 0 Å². The summed E-state index contributed by atoms with van der Waals surface area (Å²) >= 11 is 5.29. The van der Waals surface area contributed by atoms with Crippen LogP contribution < -0.4 is 10.2 Å². The van der Waals surface area contributed by atoms with E-state index in [1.54, 1.807) is 0 Å². The van der Waals surface area contributed by atoms with E-state index in [9.17, 15) is 8.42 Å². The molecule has 2 fully saturated rings. The van der Waals surface area contributed by atoms with Crippen LogP contribution in [-0.2, 0) is 9.84 Å². The third kappa shape index (κ3) is 3.33. The van der Waals surface area contributed by atoms with Crippen molar-refractivity contribution in [3.05, 3.63) is 0 Å². The van der Waals surface area contributed by atoms with Crippen molar-refractivity contribution in [1.82, 2.24) is 10.2 Å². The molecule has 18 heavy (non-hydrogen) atoms. The van der Waals surface area contributed by atoms with Crippen LogP contribution >= 0.6 is 12.2 Å². The predicted octanol–water partition coefficient (Wildman–Crippen LogP) is -1.73. The average molecular weight is 292 g/mol. The van der Waals surface area contributed by atoms with E-state index in [1.165, 1.54) is 4.90 Å². The largest absolute Gasteiger partial charge is 0.363 e. The van der Waals surface area contributed by atoms with Gasteiger partial charge in [0.05, 0.1) is 31.9 Å². The first-order chi connectivity index (χ1) is 8.52. The van der Waals surface area contributed by atoms with Crippen molar-refractivity contribution in [3.8, 4) is 0 Å². The standard InChI is InChI=1S/C11H21N3O2S2/c1-2-12-11(17)14-6-4-13(5-7-14)10-3-8-18(15,16)9-10/h10H,2-9H2,1H3,(H,12,17)/p+1/t10-/m0/s1. The maximum atomic E-state index is 11.5. The van der Waals surface area contributed by atoms with E-state index >= 15 is 0 Å². The molecule has 7 heteroatoms. The summed E-state index contributed by atoms with van der Waals surface area (Å²) < 4.78 is 23.0. The highest BCUT2D eigenvalue weighted by Gasteiger charge is 2.36. The molecule has 2 rings (SSSR count). The third-order valence-corrected chi connectivity index (χ3v) is 6.00. The number of sulfone groups is 1. The number of nitrogens with one attached hydrogen (secondary N) is 2. The average Bonchev–Trinajstić information content (AvgIpc) is 2.70. The molecular formula is C11H22N3O2S2+. The molecule has 2 aliphatic heterocycles. The molecule has 0 aliphatic carbocycles.